The lowest BCUT2D eigenvalue weighted by Gasteiger charge is -2.21. The van der Waals surface area contributed by atoms with Crippen LogP contribution >= 0.6 is 0 Å². The smallest absolute Gasteiger partial charge is 0.267 e. The third kappa shape index (κ3) is 7.06. The van der Waals surface area contributed by atoms with Crippen LogP contribution in [-0.2, 0) is 10.1 Å². The number of hydrogen-bond donors (Lipinski definition) is 6. The second kappa shape index (κ2) is 7.12. The van der Waals surface area contributed by atoms with Crippen LogP contribution in [0.5, 0.6) is 0 Å². The molecule has 8 nitrogen and oxygen atoms in total. The number of hydrogen-bond acceptors (Lipinski definition) is 7. The number of rotatable bonds is 8. The van der Waals surface area contributed by atoms with Gasteiger partial charge in [-0.3, -0.25) is 9.87 Å². The molecule has 0 amide bonds. The van der Waals surface area contributed by atoms with Crippen molar-refractivity contribution in [1.29, 1.82) is 0 Å². The highest BCUT2D eigenvalue weighted by molar-refractivity contribution is 7.85. The Balaban J connectivity index is 3.96. The number of aliphatic hydroxyl groups excluding tert-OH is 4. The van der Waals surface area contributed by atoms with E-state index in [4.69, 9.17) is 19.9 Å². The lowest BCUT2D eigenvalue weighted by molar-refractivity contribution is 0.00534. The third-order valence-corrected chi connectivity index (χ3v) is 2.69. The predicted octanol–water partition coefficient (Wildman–Crippen LogP) is -3.26. The van der Waals surface area contributed by atoms with Crippen molar-refractivity contribution in [3.05, 3.63) is 0 Å². The molecule has 16 heavy (non-hydrogen) atoms. The highest BCUT2D eigenvalue weighted by atomic mass is 32.2. The highest BCUT2D eigenvalue weighted by Gasteiger charge is 2.20. The molecule has 0 aromatic heterocycles. The quantitative estimate of drug-likeness (QED) is 0.197. The minimum absolute atomic E-state index is 0.294. The van der Waals surface area contributed by atoms with Crippen LogP contribution in [0.3, 0.4) is 0 Å². The Hall–Kier alpha value is -0.290. The Bertz CT molecular complexity index is 276. The van der Waals surface area contributed by atoms with Crippen LogP contribution in [-0.4, -0.2) is 71.2 Å². The molecule has 0 aliphatic rings. The summed E-state index contributed by atoms with van der Waals surface area (Å²) in [6.45, 7) is -1.21. The van der Waals surface area contributed by atoms with Gasteiger partial charge in [0.05, 0.1) is 19.3 Å². The second-order valence-electron chi connectivity index (χ2n) is 3.38. The van der Waals surface area contributed by atoms with E-state index in [2.05, 4.69) is 5.32 Å². The SMILES string of the molecule is O=S(=O)(O)CC(O)CNC(O)C(CO)CO. The van der Waals surface area contributed by atoms with Crippen molar-refractivity contribution < 1.29 is 33.4 Å². The normalized spacial score (nSPS) is 16.4. The zero-order valence-electron chi connectivity index (χ0n) is 8.52. The first-order chi connectivity index (χ1) is 7.30. The second-order valence-corrected chi connectivity index (χ2v) is 4.88. The van der Waals surface area contributed by atoms with Crippen LogP contribution in [0.15, 0.2) is 0 Å². The molecule has 6 N–H and O–H groups in total. The first-order valence-corrected chi connectivity index (χ1v) is 6.17. The summed E-state index contributed by atoms with van der Waals surface area (Å²) in [5.74, 6) is -1.67. The molecule has 0 aliphatic carbocycles. The van der Waals surface area contributed by atoms with Crippen LogP contribution in [0.1, 0.15) is 0 Å². The Morgan fingerprint density at radius 3 is 2.00 bits per heavy atom. The number of nitrogens with one attached hydrogen (secondary N) is 1. The topological polar surface area (TPSA) is 147 Å². The summed E-state index contributed by atoms with van der Waals surface area (Å²) in [6.07, 6.45) is -2.66. The van der Waals surface area contributed by atoms with E-state index in [9.17, 15) is 13.5 Å². The molecule has 0 saturated carbocycles. The first kappa shape index (κ1) is 15.7. The van der Waals surface area contributed by atoms with Gasteiger partial charge < -0.3 is 20.4 Å². The fourth-order valence-electron chi connectivity index (χ4n) is 0.983. The average Bonchev–Trinajstić information content (AvgIpc) is 2.14. The van der Waals surface area contributed by atoms with E-state index >= 15 is 0 Å². The zero-order chi connectivity index (χ0) is 12.8. The summed E-state index contributed by atoms with van der Waals surface area (Å²) in [7, 11) is -4.27. The predicted molar refractivity (Wildman–Crippen MR) is 54.1 cm³/mol. The summed E-state index contributed by atoms with van der Waals surface area (Å²) in [5, 5.41) is 38.1. The summed E-state index contributed by atoms with van der Waals surface area (Å²) >= 11 is 0. The fraction of sp³-hybridized carbons (Fsp3) is 1.00. The Labute approximate surface area is 93.3 Å². The molecular formula is C7H17NO7S. The molecule has 0 saturated heterocycles. The molecule has 0 aromatic rings. The maximum Gasteiger partial charge on any atom is 0.267 e. The van der Waals surface area contributed by atoms with Crippen molar-refractivity contribution in [3.8, 4) is 0 Å². The van der Waals surface area contributed by atoms with Gasteiger partial charge in [-0.1, -0.05) is 0 Å². The molecule has 0 fully saturated rings. The first-order valence-electron chi connectivity index (χ1n) is 4.56. The lowest BCUT2D eigenvalue weighted by Crippen LogP contribution is -2.44. The molecule has 0 spiro atoms. The van der Waals surface area contributed by atoms with Crippen molar-refractivity contribution in [2.45, 2.75) is 12.3 Å². The molecule has 0 radical (unpaired) electrons. The lowest BCUT2D eigenvalue weighted by atomic mass is 10.1. The Morgan fingerprint density at radius 1 is 1.12 bits per heavy atom. The van der Waals surface area contributed by atoms with Crippen LogP contribution in [0.2, 0.25) is 0 Å². The molecular weight excluding hydrogens is 242 g/mol. The molecule has 0 bridgehead atoms. The summed E-state index contributed by atoms with van der Waals surface area (Å²) in [6, 6.07) is 0. The van der Waals surface area contributed by atoms with Gasteiger partial charge in [-0.2, -0.15) is 8.42 Å². The molecule has 0 aliphatic heterocycles. The van der Waals surface area contributed by atoms with Gasteiger partial charge in [0.15, 0.2) is 0 Å². The number of aliphatic hydroxyl groups is 4. The Morgan fingerprint density at radius 2 is 1.62 bits per heavy atom. The minimum Gasteiger partial charge on any atom is -0.396 e. The maximum absolute atomic E-state index is 10.4. The van der Waals surface area contributed by atoms with E-state index in [1.807, 2.05) is 0 Å². The van der Waals surface area contributed by atoms with Crippen LogP contribution in [0.25, 0.3) is 0 Å². The molecule has 2 atom stereocenters. The van der Waals surface area contributed by atoms with Crippen LogP contribution in [0.4, 0.5) is 0 Å². The van der Waals surface area contributed by atoms with E-state index in [-0.39, 0.29) is 6.54 Å². The van der Waals surface area contributed by atoms with Crippen molar-refractivity contribution in [2.75, 3.05) is 25.5 Å². The molecule has 0 heterocycles. The average molecular weight is 259 g/mol. The monoisotopic (exact) mass is 259 g/mol. The summed E-state index contributed by atoms with van der Waals surface area (Å²) in [4.78, 5) is 0. The fourth-order valence-corrected chi connectivity index (χ4v) is 1.59. The minimum atomic E-state index is -4.27. The van der Waals surface area contributed by atoms with Gasteiger partial charge in [-0.25, -0.2) is 0 Å². The zero-order valence-corrected chi connectivity index (χ0v) is 9.34. The largest absolute Gasteiger partial charge is 0.396 e. The van der Waals surface area contributed by atoms with Gasteiger partial charge in [-0.15, -0.1) is 0 Å². The van der Waals surface area contributed by atoms with Gasteiger partial charge >= 0.3 is 0 Å². The van der Waals surface area contributed by atoms with Crippen LogP contribution < -0.4 is 5.32 Å². The van der Waals surface area contributed by atoms with Gasteiger partial charge in [0, 0.05) is 12.5 Å². The molecule has 2 unspecified atom stereocenters. The van der Waals surface area contributed by atoms with Gasteiger partial charge in [0.2, 0.25) is 0 Å². The maximum atomic E-state index is 10.4. The van der Waals surface area contributed by atoms with E-state index in [1.165, 1.54) is 0 Å². The highest BCUT2D eigenvalue weighted by Crippen LogP contribution is 1.99. The molecule has 0 aromatic carbocycles. The summed E-state index contributed by atoms with van der Waals surface area (Å²) in [5.41, 5.74) is 0. The van der Waals surface area contributed by atoms with E-state index in [1.54, 1.807) is 0 Å². The van der Waals surface area contributed by atoms with Gasteiger partial charge in [-0.05, 0) is 0 Å². The molecule has 98 valence electrons. The van der Waals surface area contributed by atoms with Crippen molar-refractivity contribution in [3.63, 3.8) is 0 Å². The third-order valence-electron chi connectivity index (χ3n) is 1.88. The van der Waals surface area contributed by atoms with Crippen LogP contribution in [0, 0.1) is 5.92 Å². The van der Waals surface area contributed by atoms with E-state index in [0.29, 0.717) is 0 Å². The molecule has 9 heteroatoms. The van der Waals surface area contributed by atoms with Crippen molar-refractivity contribution >= 4 is 10.1 Å². The Kier molecular flexibility index (Phi) is 6.99. The van der Waals surface area contributed by atoms with Gasteiger partial charge in [0.1, 0.15) is 12.0 Å². The van der Waals surface area contributed by atoms with Gasteiger partial charge in [0.25, 0.3) is 10.1 Å². The summed E-state index contributed by atoms with van der Waals surface area (Å²) < 4.78 is 29.1. The standard InChI is InChI=1S/C7H17NO7S/c9-2-5(3-10)7(12)8-1-6(11)4-16(13,14)15/h5-12H,1-4H2,(H,13,14,15). The van der Waals surface area contributed by atoms with E-state index in [0.717, 1.165) is 0 Å². The van der Waals surface area contributed by atoms with Crippen molar-refractivity contribution in [2.24, 2.45) is 5.92 Å². The molecule has 0 rings (SSSR count). The van der Waals surface area contributed by atoms with Crippen molar-refractivity contribution in [1.82, 2.24) is 5.32 Å². The van der Waals surface area contributed by atoms with E-state index < -0.39 is 47.3 Å².